The van der Waals surface area contributed by atoms with Crippen molar-refractivity contribution in [3.8, 4) is 5.75 Å². The summed E-state index contributed by atoms with van der Waals surface area (Å²) in [5, 5.41) is 9.04. The second-order valence-corrected chi connectivity index (χ2v) is 3.59. The number of aromatic carboxylic acids is 1. The molecule has 0 saturated carbocycles. The fourth-order valence-corrected chi connectivity index (χ4v) is 1.75. The number of hydrogen-bond donors (Lipinski definition) is 1. The van der Waals surface area contributed by atoms with E-state index in [9.17, 15) is 4.79 Å². The molecule has 17 heavy (non-hydrogen) atoms. The van der Waals surface area contributed by atoms with E-state index in [0.717, 1.165) is 18.8 Å². The van der Waals surface area contributed by atoms with Crippen LogP contribution in [0.4, 0.5) is 5.69 Å². The number of ether oxygens (including phenoxy) is 1. The van der Waals surface area contributed by atoms with E-state index in [2.05, 4.69) is 18.7 Å². The first-order valence-electron chi connectivity index (χ1n) is 5.89. The minimum atomic E-state index is -0.959. The Hall–Kier alpha value is -1.71. The summed E-state index contributed by atoms with van der Waals surface area (Å²) in [6.45, 7) is 8.20. The third-order valence-electron chi connectivity index (χ3n) is 2.62. The van der Waals surface area contributed by atoms with Crippen molar-refractivity contribution >= 4 is 11.7 Å². The molecular formula is C13H19NO3. The van der Waals surface area contributed by atoms with Gasteiger partial charge in [-0.05, 0) is 32.9 Å². The molecule has 0 atom stereocenters. The lowest BCUT2D eigenvalue weighted by Gasteiger charge is -2.22. The van der Waals surface area contributed by atoms with Gasteiger partial charge in [0.1, 0.15) is 11.3 Å². The third-order valence-corrected chi connectivity index (χ3v) is 2.62. The van der Waals surface area contributed by atoms with Gasteiger partial charge in [-0.25, -0.2) is 4.79 Å². The molecule has 4 nitrogen and oxygen atoms in total. The van der Waals surface area contributed by atoms with Gasteiger partial charge >= 0.3 is 5.97 Å². The minimum Gasteiger partial charge on any atom is -0.493 e. The Bertz CT molecular complexity index is 386. The molecular weight excluding hydrogens is 218 g/mol. The van der Waals surface area contributed by atoms with E-state index >= 15 is 0 Å². The molecule has 94 valence electrons. The zero-order valence-corrected chi connectivity index (χ0v) is 10.6. The number of anilines is 1. The molecule has 0 fully saturated rings. The van der Waals surface area contributed by atoms with Crippen LogP contribution in [0.1, 0.15) is 31.1 Å². The lowest BCUT2D eigenvalue weighted by molar-refractivity contribution is 0.0692. The van der Waals surface area contributed by atoms with Crippen LogP contribution in [0.3, 0.4) is 0 Å². The second-order valence-electron chi connectivity index (χ2n) is 3.59. The maximum absolute atomic E-state index is 11.0. The molecule has 0 radical (unpaired) electrons. The van der Waals surface area contributed by atoms with Gasteiger partial charge in [0.05, 0.1) is 6.61 Å². The molecule has 1 rings (SSSR count). The summed E-state index contributed by atoms with van der Waals surface area (Å²) < 4.78 is 5.37. The molecule has 1 N–H and O–H groups in total. The van der Waals surface area contributed by atoms with Crippen LogP contribution in [0, 0.1) is 0 Å². The topological polar surface area (TPSA) is 49.8 Å². The maximum Gasteiger partial charge on any atom is 0.339 e. The normalized spacial score (nSPS) is 10.1. The number of nitrogens with zero attached hydrogens (tertiary/aromatic N) is 1. The van der Waals surface area contributed by atoms with Gasteiger partial charge in [-0.2, -0.15) is 0 Å². The van der Waals surface area contributed by atoms with Crippen molar-refractivity contribution in [2.24, 2.45) is 0 Å². The highest BCUT2D eigenvalue weighted by Gasteiger charge is 2.13. The monoisotopic (exact) mass is 237 g/mol. The van der Waals surface area contributed by atoms with Gasteiger partial charge in [0.2, 0.25) is 0 Å². The highest BCUT2D eigenvalue weighted by atomic mass is 16.5. The van der Waals surface area contributed by atoms with E-state index in [1.165, 1.54) is 0 Å². The molecule has 0 heterocycles. The Labute approximate surface area is 102 Å². The van der Waals surface area contributed by atoms with Crippen molar-refractivity contribution in [2.75, 3.05) is 24.6 Å². The fourth-order valence-electron chi connectivity index (χ4n) is 1.75. The van der Waals surface area contributed by atoms with Crippen LogP contribution in [-0.4, -0.2) is 30.8 Å². The van der Waals surface area contributed by atoms with Crippen molar-refractivity contribution in [1.82, 2.24) is 0 Å². The molecule has 1 aromatic carbocycles. The van der Waals surface area contributed by atoms with Gasteiger partial charge in [0, 0.05) is 24.8 Å². The average Bonchev–Trinajstić information content (AvgIpc) is 2.31. The Morgan fingerprint density at radius 2 is 1.94 bits per heavy atom. The van der Waals surface area contributed by atoms with E-state index in [4.69, 9.17) is 9.84 Å². The van der Waals surface area contributed by atoms with Crippen LogP contribution in [0.2, 0.25) is 0 Å². The lowest BCUT2D eigenvalue weighted by atomic mass is 10.1. The molecule has 1 aromatic rings. The summed E-state index contributed by atoms with van der Waals surface area (Å²) in [6.07, 6.45) is 0. The van der Waals surface area contributed by atoms with E-state index in [-0.39, 0.29) is 5.56 Å². The maximum atomic E-state index is 11.0. The number of carboxylic acid groups (broad SMARTS) is 1. The summed E-state index contributed by atoms with van der Waals surface area (Å²) >= 11 is 0. The average molecular weight is 237 g/mol. The van der Waals surface area contributed by atoms with Crippen molar-refractivity contribution in [3.63, 3.8) is 0 Å². The highest BCUT2D eigenvalue weighted by molar-refractivity contribution is 5.91. The van der Waals surface area contributed by atoms with Crippen LogP contribution in [0.5, 0.6) is 5.75 Å². The fraction of sp³-hybridized carbons (Fsp3) is 0.462. The van der Waals surface area contributed by atoms with Crippen LogP contribution in [0.25, 0.3) is 0 Å². The molecule has 0 aliphatic rings. The zero-order chi connectivity index (χ0) is 12.8. The number of carboxylic acids is 1. The molecule has 4 heteroatoms. The third kappa shape index (κ3) is 3.12. The Morgan fingerprint density at radius 1 is 1.29 bits per heavy atom. The van der Waals surface area contributed by atoms with Gasteiger partial charge in [0.15, 0.2) is 0 Å². The molecule has 0 aliphatic carbocycles. The zero-order valence-electron chi connectivity index (χ0n) is 10.6. The first kappa shape index (κ1) is 13.4. The first-order chi connectivity index (χ1) is 8.13. The molecule has 0 unspecified atom stereocenters. The van der Waals surface area contributed by atoms with Crippen molar-refractivity contribution in [1.29, 1.82) is 0 Å². The summed E-state index contributed by atoms with van der Waals surface area (Å²) in [6, 6.07) is 5.21. The number of hydrogen-bond acceptors (Lipinski definition) is 3. The van der Waals surface area contributed by atoms with Gasteiger partial charge in [-0.15, -0.1) is 0 Å². The van der Waals surface area contributed by atoms with E-state index in [1.54, 1.807) is 12.1 Å². The molecule has 0 aliphatic heterocycles. The smallest absolute Gasteiger partial charge is 0.339 e. The van der Waals surface area contributed by atoms with Crippen molar-refractivity contribution < 1.29 is 14.6 Å². The highest BCUT2D eigenvalue weighted by Crippen LogP contribution is 2.26. The predicted molar refractivity (Wildman–Crippen MR) is 68.1 cm³/mol. The summed E-state index contributed by atoms with van der Waals surface area (Å²) in [4.78, 5) is 13.2. The van der Waals surface area contributed by atoms with Gasteiger partial charge < -0.3 is 14.7 Å². The van der Waals surface area contributed by atoms with E-state index < -0.39 is 5.97 Å². The summed E-state index contributed by atoms with van der Waals surface area (Å²) in [5.74, 6) is -0.524. The van der Waals surface area contributed by atoms with Crippen LogP contribution < -0.4 is 9.64 Å². The minimum absolute atomic E-state index is 0.211. The van der Waals surface area contributed by atoms with Gasteiger partial charge in [-0.3, -0.25) is 0 Å². The predicted octanol–water partition coefficient (Wildman–Crippen LogP) is 2.63. The molecule has 0 bridgehead atoms. The summed E-state index contributed by atoms with van der Waals surface area (Å²) in [5.41, 5.74) is 1.20. The van der Waals surface area contributed by atoms with Crippen molar-refractivity contribution in [3.05, 3.63) is 23.8 Å². The number of rotatable bonds is 6. The Kier molecular flexibility index (Phi) is 4.82. The quantitative estimate of drug-likeness (QED) is 0.826. The first-order valence-corrected chi connectivity index (χ1v) is 5.89. The van der Waals surface area contributed by atoms with Crippen LogP contribution >= 0.6 is 0 Å². The summed E-state index contributed by atoms with van der Waals surface area (Å²) in [7, 11) is 0. The van der Waals surface area contributed by atoms with E-state index in [0.29, 0.717) is 12.4 Å². The molecule has 0 saturated heterocycles. The van der Waals surface area contributed by atoms with E-state index in [1.807, 2.05) is 13.0 Å². The standard InChI is InChI=1S/C13H19NO3/c1-4-14(5-2)10-7-8-11(13(15)16)12(9-10)17-6-3/h7-9H,4-6H2,1-3H3,(H,15,16). The Balaban J connectivity index is 3.12. The van der Waals surface area contributed by atoms with Gasteiger partial charge in [0.25, 0.3) is 0 Å². The Morgan fingerprint density at radius 3 is 2.41 bits per heavy atom. The molecule has 0 aromatic heterocycles. The van der Waals surface area contributed by atoms with Gasteiger partial charge in [-0.1, -0.05) is 0 Å². The largest absolute Gasteiger partial charge is 0.493 e. The second kappa shape index (κ2) is 6.13. The SMILES string of the molecule is CCOc1cc(N(CC)CC)ccc1C(=O)O. The van der Waals surface area contributed by atoms with Crippen molar-refractivity contribution in [2.45, 2.75) is 20.8 Å². The number of carbonyl (C=O) groups is 1. The van der Waals surface area contributed by atoms with Crippen LogP contribution in [0.15, 0.2) is 18.2 Å². The lowest BCUT2D eigenvalue weighted by Crippen LogP contribution is -2.22. The molecule has 0 amide bonds. The number of benzene rings is 1. The molecule has 0 spiro atoms. The van der Waals surface area contributed by atoms with Crippen LogP contribution in [-0.2, 0) is 0 Å².